The average molecular weight is 409 g/mol. The second-order valence-electron chi connectivity index (χ2n) is 3.95. The lowest BCUT2D eigenvalue weighted by Crippen LogP contribution is -2.11. The van der Waals surface area contributed by atoms with Gasteiger partial charge in [-0.15, -0.1) is 11.3 Å². The summed E-state index contributed by atoms with van der Waals surface area (Å²) >= 11 is 3.21. The van der Waals surface area contributed by atoms with Gasteiger partial charge in [0, 0.05) is 14.1 Å². The van der Waals surface area contributed by atoms with Crippen LogP contribution in [0.25, 0.3) is 0 Å². The van der Waals surface area contributed by atoms with E-state index < -0.39 is 10.0 Å². The minimum atomic E-state index is -3.59. The number of nitrogens with one attached hydrogen (secondary N) is 1. The molecule has 7 heteroatoms. The maximum Gasteiger partial charge on any atom is 0.271 e. The molecule has 0 aliphatic heterocycles. The molecule has 2 aromatic rings. The number of aliphatic hydroxyl groups is 1. The van der Waals surface area contributed by atoms with Crippen LogP contribution >= 0.6 is 33.9 Å². The Kier molecular flexibility index (Phi) is 4.49. The molecule has 0 saturated heterocycles. The molecule has 1 aromatic carbocycles. The highest BCUT2D eigenvalue weighted by Gasteiger charge is 2.18. The van der Waals surface area contributed by atoms with Gasteiger partial charge in [0.25, 0.3) is 10.0 Å². The highest BCUT2D eigenvalue weighted by molar-refractivity contribution is 14.1. The number of thiophene rings is 1. The molecule has 19 heavy (non-hydrogen) atoms. The van der Waals surface area contributed by atoms with E-state index in [1.807, 2.05) is 6.07 Å². The summed E-state index contributed by atoms with van der Waals surface area (Å²) in [6.07, 6.45) is 0. The average Bonchev–Trinajstić information content (AvgIpc) is 2.71. The standard InChI is InChI=1S/C12H12INO3S2/c1-8-5-12(18-11(8)7-15)19(16,17)14-10-4-2-3-9(13)6-10/h2-6,14-15H,7H2,1H3. The van der Waals surface area contributed by atoms with Crippen molar-refractivity contribution in [2.75, 3.05) is 4.72 Å². The molecule has 2 rings (SSSR count). The van der Waals surface area contributed by atoms with E-state index in [1.165, 1.54) is 0 Å². The van der Waals surface area contributed by atoms with Crippen LogP contribution in [0.5, 0.6) is 0 Å². The summed E-state index contributed by atoms with van der Waals surface area (Å²) in [5.74, 6) is 0. The Bertz CT molecular complexity index is 695. The Morgan fingerprint density at radius 2 is 2.11 bits per heavy atom. The molecule has 0 radical (unpaired) electrons. The predicted molar refractivity (Wildman–Crippen MR) is 84.9 cm³/mol. The third-order valence-electron chi connectivity index (χ3n) is 2.48. The molecular weight excluding hydrogens is 397 g/mol. The summed E-state index contributed by atoms with van der Waals surface area (Å²) in [5, 5.41) is 9.12. The van der Waals surface area contributed by atoms with Gasteiger partial charge in [0.1, 0.15) is 4.21 Å². The van der Waals surface area contributed by atoms with Crippen molar-refractivity contribution < 1.29 is 13.5 Å². The van der Waals surface area contributed by atoms with Gasteiger partial charge in [-0.3, -0.25) is 4.72 Å². The van der Waals surface area contributed by atoms with Crippen molar-refractivity contribution in [1.29, 1.82) is 0 Å². The summed E-state index contributed by atoms with van der Waals surface area (Å²) in [5.41, 5.74) is 1.32. The maximum atomic E-state index is 12.2. The number of sulfonamides is 1. The third-order valence-corrected chi connectivity index (χ3v) is 6.23. The molecule has 0 aliphatic carbocycles. The normalized spacial score (nSPS) is 11.5. The first-order chi connectivity index (χ1) is 8.92. The maximum absolute atomic E-state index is 12.2. The first kappa shape index (κ1) is 14.8. The molecule has 4 nitrogen and oxygen atoms in total. The van der Waals surface area contributed by atoms with Crippen LogP contribution in [0.2, 0.25) is 0 Å². The SMILES string of the molecule is Cc1cc(S(=O)(=O)Nc2cccc(I)c2)sc1CO. The van der Waals surface area contributed by atoms with Gasteiger partial charge in [-0.2, -0.15) is 0 Å². The fourth-order valence-corrected chi connectivity index (χ4v) is 4.58. The molecule has 0 bridgehead atoms. The van der Waals surface area contributed by atoms with E-state index in [0.717, 1.165) is 20.5 Å². The van der Waals surface area contributed by atoms with E-state index in [1.54, 1.807) is 31.2 Å². The molecule has 1 aromatic heterocycles. The summed E-state index contributed by atoms with van der Waals surface area (Å²) in [6, 6.07) is 8.71. The second kappa shape index (κ2) is 5.78. The van der Waals surface area contributed by atoms with Crippen LogP contribution in [0, 0.1) is 10.5 Å². The quantitative estimate of drug-likeness (QED) is 0.764. The van der Waals surface area contributed by atoms with Gasteiger partial charge < -0.3 is 5.11 Å². The fraction of sp³-hybridized carbons (Fsp3) is 0.167. The molecule has 1 heterocycles. The summed E-state index contributed by atoms with van der Waals surface area (Å²) in [6.45, 7) is 1.64. The van der Waals surface area contributed by atoms with E-state index in [0.29, 0.717) is 10.6 Å². The molecular formula is C12H12INO3S2. The van der Waals surface area contributed by atoms with Crippen molar-refractivity contribution in [3.63, 3.8) is 0 Å². The number of benzene rings is 1. The van der Waals surface area contributed by atoms with E-state index in [9.17, 15) is 8.42 Å². The summed E-state index contributed by atoms with van der Waals surface area (Å²) in [7, 11) is -3.59. The van der Waals surface area contributed by atoms with E-state index in [-0.39, 0.29) is 10.8 Å². The lowest BCUT2D eigenvalue weighted by Gasteiger charge is -2.06. The van der Waals surface area contributed by atoms with Gasteiger partial charge in [0.15, 0.2) is 0 Å². The summed E-state index contributed by atoms with van der Waals surface area (Å²) < 4.78 is 28.1. The number of halogens is 1. The highest BCUT2D eigenvalue weighted by atomic mass is 127. The molecule has 102 valence electrons. The minimum absolute atomic E-state index is 0.144. The summed E-state index contributed by atoms with van der Waals surface area (Å²) in [4.78, 5) is 0.669. The van der Waals surface area contributed by atoms with Crippen LogP contribution in [-0.2, 0) is 16.6 Å². The van der Waals surface area contributed by atoms with Crippen LogP contribution in [0.3, 0.4) is 0 Å². The van der Waals surface area contributed by atoms with E-state index in [4.69, 9.17) is 5.11 Å². The highest BCUT2D eigenvalue weighted by Crippen LogP contribution is 2.27. The van der Waals surface area contributed by atoms with Gasteiger partial charge in [0.2, 0.25) is 0 Å². The molecule has 0 atom stereocenters. The second-order valence-corrected chi connectivity index (χ2v) is 8.24. The Morgan fingerprint density at radius 1 is 1.37 bits per heavy atom. The predicted octanol–water partition coefficient (Wildman–Crippen LogP) is 2.95. The van der Waals surface area contributed by atoms with Crippen molar-refractivity contribution in [3.05, 3.63) is 44.3 Å². The first-order valence-electron chi connectivity index (χ1n) is 5.41. The molecule has 0 spiro atoms. The monoisotopic (exact) mass is 409 g/mol. The Labute approximate surface area is 129 Å². The third kappa shape index (κ3) is 3.47. The lowest BCUT2D eigenvalue weighted by molar-refractivity contribution is 0.285. The number of aliphatic hydroxyl groups excluding tert-OH is 1. The van der Waals surface area contributed by atoms with E-state index >= 15 is 0 Å². The van der Waals surface area contributed by atoms with Gasteiger partial charge in [0.05, 0.1) is 6.61 Å². The first-order valence-corrected chi connectivity index (χ1v) is 8.79. The van der Waals surface area contributed by atoms with E-state index in [2.05, 4.69) is 27.3 Å². The molecule has 0 saturated carbocycles. The smallest absolute Gasteiger partial charge is 0.271 e. The number of anilines is 1. The minimum Gasteiger partial charge on any atom is -0.391 e. The van der Waals surface area contributed by atoms with Crippen molar-refractivity contribution in [2.45, 2.75) is 17.7 Å². The van der Waals surface area contributed by atoms with Crippen LogP contribution in [0.1, 0.15) is 10.4 Å². The van der Waals surface area contributed by atoms with Crippen LogP contribution in [0.15, 0.2) is 34.5 Å². The lowest BCUT2D eigenvalue weighted by atomic mass is 10.3. The number of rotatable bonds is 4. The number of aryl methyl sites for hydroxylation is 1. The van der Waals surface area contributed by atoms with Crippen LogP contribution in [-0.4, -0.2) is 13.5 Å². The Morgan fingerprint density at radius 3 is 2.68 bits per heavy atom. The molecule has 2 N–H and O–H groups in total. The van der Waals surface area contributed by atoms with Gasteiger partial charge in [-0.05, 0) is 59.3 Å². The van der Waals surface area contributed by atoms with Crippen molar-refractivity contribution in [2.24, 2.45) is 0 Å². The molecule has 0 aliphatic rings. The Hall–Kier alpha value is -0.640. The zero-order valence-corrected chi connectivity index (χ0v) is 13.8. The number of hydrogen-bond donors (Lipinski definition) is 2. The van der Waals surface area contributed by atoms with Crippen LogP contribution < -0.4 is 4.72 Å². The zero-order chi connectivity index (χ0) is 14.0. The van der Waals surface area contributed by atoms with Crippen molar-refractivity contribution in [1.82, 2.24) is 0 Å². The largest absolute Gasteiger partial charge is 0.391 e. The van der Waals surface area contributed by atoms with Crippen molar-refractivity contribution >= 4 is 49.6 Å². The zero-order valence-electron chi connectivity index (χ0n) is 10.1. The molecule has 0 amide bonds. The topological polar surface area (TPSA) is 66.4 Å². The molecule has 0 fully saturated rings. The van der Waals surface area contributed by atoms with Gasteiger partial charge in [-0.25, -0.2) is 8.42 Å². The van der Waals surface area contributed by atoms with Crippen LogP contribution in [0.4, 0.5) is 5.69 Å². The Balaban J connectivity index is 2.32. The van der Waals surface area contributed by atoms with Gasteiger partial charge in [-0.1, -0.05) is 6.07 Å². The fourth-order valence-electron chi connectivity index (χ4n) is 1.54. The number of hydrogen-bond acceptors (Lipinski definition) is 4. The van der Waals surface area contributed by atoms with Gasteiger partial charge >= 0.3 is 0 Å². The van der Waals surface area contributed by atoms with Crippen molar-refractivity contribution in [3.8, 4) is 0 Å². The molecule has 0 unspecified atom stereocenters.